The van der Waals surface area contributed by atoms with Crippen molar-refractivity contribution in [2.45, 2.75) is 25.7 Å². The molecule has 152 valence electrons. The summed E-state index contributed by atoms with van der Waals surface area (Å²) in [5.41, 5.74) is 5.28. The highest BCUT2D eigenvalue weighted by Crippen LogP contribution is 2.30. The second kappa shape index (κ2) is 7.94. The number of nitrogens with two attached hydrogens (primary N) is 1. The fourth-order valence-electron chi connectivity index (χ4n) is 2.90. The smallest absolute Gasteiger partial charge is 0.261 e. The number of nitrogens with one attached hydrogen (secondary N) is 1. The van der Waals surface area contributed by atoms with Crippen molar-refractivity contribution in [1.82, 2.24) is 4.98 Å². The van der Waals surface area contributed by atoms with Crippen molar-refractivity contribution in [1.29, 1.82) is 0 Å². The molecule has 0 saturated heterocycles. The summed E-state index contributed by atoms with van der Waals surface area (Å²) in [5.74, 6) is -0.304. The van der Waals surface area contributed by atoms with Crippen LogP contribution in [0.4, 0.5) is 5.13 Å². The largest absolute Gasteiger partial charge is 0.496 e. The molecular formula is C20H21N3O4S2. The third-order valence-electron chi connectivity index (χ3n) is 4.59. The van der Waals surface area contributed by atoms with E-state index < -0.39 is 15.9 Å². The van der Waals surface area contributed by atoms with Crippen LogP contribution in [0.15, 0.2) is 40.6 Å². The number of sulfonamides is 1. The first-order valence-electron chi connectivity index (χ1n) is 8.66. The van der Waals surface area contributed by atoms with Crippen molar-refractivity contribution in [3.63, 3.8) is 0 Å². The molecule has 0 atom stereocenters. The van der Waals surface area contributed by atoms with Crippen LogP contribution in [0.3, 0.4) is 0 Å². The van der Waals surface area contributed by atoms with Gasteiger partial charge in [0.25, 0.3) is 5.91 Å². The summed E-state index contributed by atoms with van der Waals surface area (Å²) in [6, 6.07) is 8.04. The molecule has 0 radical (unpaired) electrons. The zero-order valence-electron chi connectivity index (χ0n) is 16.4. The number of nitrogens with zero attached hydrogens (tertiary/aromatic N) is 1. The maximum atomic E-state index is 12.7. The van der Waals surface area contributed by atoms with Crippen molar-refractivity contribution in [2.75, 3.05) is 12.4 Å². The van der Waals surface area contributed by atoms with E-state index in [2.05, 4.69) is 29.4 Å². The van der Waals surface area contributed by atoms with Gasteiger partial charge in [-0.3, -0.25) is 10.1 Å². The van der Waals surface area contributed by atoms with Crippen molar-refractivity contribution in [3.8, 4) is 17.0 Å². The number of benzene rings is 2. The summed E-state index contributed by atoms with van der Waals surface area (Å²) >= 11 is 1.28. The lowest BCUT2D eigenvalue weighted by Crippen LogP contribution is -2.16. The van der Waals surface area contributed by atoms with E-state index in [0.717, 1.165) is 22.4 Å². The molecule has 0 spiro atoms. The van der Waals surface area contributed by atoms with Crippen molar-refractivity contribution in [2.24, 2.45) is 5.14 Å². The van der Waals surface area contributed by atoms with E-state index in [1.165, 1.54) is 42.2 Å². The number of aryl methyl sites for hydroxylation is 3. The average Bonchev–Trinajstić information content (AvgIpc) is 3.11. The molecule has 0 bridgehead atoms. The van der Waals surface area contributed by atoms with Crippen LogP contribution in [0.5, 0.6) is 5.75 Å². The second-order valence-electron chi connectivity index (χ2n) is 6.65. The number of carbonyl (C=O) groups excluding carboxylic acids is 1. The first-order valence-corrected chi connectivity index (χ1v) is 11.1. The first kappa shape index (κ1) is 21.0. The zero-order valence-corrected chi connectivity index (χ0v) is 18.1. The fourth-order valence-corrected chi connectivity index (χ4v) is 4.14. The molecule has 0 saturated carbocycles. The van der Waals surface area contributed by atoms with E-state index in [4.69, 9.17) is 9.88 Å². The van der Waals surface area contributed by atoms with Gasteiger partial charge in [0.05, 0.1) is 23.3 Å². The van der Waals surface area contributed by atoms with E-state index in [0.29, 0.717) is 5.13 Å². The van der Waals surface area contributed by atoms with Gasteiger partial charge in [0.15, 0.2) is 5.13 Å². The van der Waals surface area contributed by atoms with Gasteiger partial charge < -0.3 is 4.74 Å². The molecule has 1 aromatic heterocycles. The summed E-state index contributed by atoms with van der Waals surface area (Å²) in [7, 11) is -2.55. The van der Waals surface area contributed by atoms with Crippen LogP contribution < -0.4 is 15.2 Å². The maximum Gasteiger partial charge on any atom is 0.261 e. The Balaban J connectivity index is 1.91. The SMILES string of the molecule is COc1ccc(S(N)(=O)=O)cc1C(=O)Nc1nc(-c2cc(C)c(C)cc2C)cs1. The minimum absolute atomic E-state index is 0.0538. The van der Waals surface area contributed by atoms with E-state index in [9.17, 15) is 13.2 Å². The van der Waals surface area contributed by atoms with Gasteiger partial charge >= 0.3 is 0 Å². The van der Waals surface area contributed by atoms with Gasteiger partial charge in [-0.25, -0.2) is 18.5 Å². The molecule has 1 heterocycles. The molecule has 0 aliphatic heterocycles. The Morgan fingerprint density at radius 3 is 2.45 bits per heavy atom. The van der Waals surface area contributed by atoms with Crippen molar-refractivity contribution < 1.29 is 17.9 Å². The van der Waals surface area contributed by atoms with E-state index in [1.54, 1.807) is 0 Å². The number of hydrogen-bond acceptors (Lipinski definition) is 6. The molecular weight excluding hydrogens is 410 g/mol. The van der Waals surface area contributed by atoms with Gasteiger partial charge in [0.1, 0.15) is 5.75 Å². The highest BCUT2D eigenvalue weighted by Gasteiger charge is 2.19. The van der Waals surface area contributed by atoms with Gasteiger partial charge in [-0.05, 0) is 61.7 Å². The Labute approximate surface area is 173 Å². The topological polar surface area (TPSA) is 111 Å². The third kappa shape index (κ3) is 4.47. The normalized spacial score (nSPS) is 11.3. The Kier molecular flexibility index (Phi) is 5.74. The van der Waals surface area contributed by atoms with Crippen molar-refractivity contribution in [3.05, 3.63) is 58.0 Å². The number of amides is 1. The number of carbonyl (C=O) groups is 1. The molecule has 2 aromatic carbocycles. The maximum absolute atomic E-state index is 12.7. The molecule has 7 nitrogen and oxygen atoms in total. The number of aromatic nitrogens is 1. The van der Waals surface area contributed by atoms with Crippen LogP contribution in [-0.4, -0.2) is 26.4 Å². The first-order chi connectivity index (χ1) is 13.6. The van der Waals surface area contributed by atoms with Crippen LogP contribution in [-0.2, 0) is 10.0 Å². The zero-order chi connectivity index (χ0) is 21.3. The second-order valence-corrected chi connectivity index (χ2v) is 9.07. The number of rotatable bonds is 5. The van der Waals surface area contributed by atoms with Crippen LogP contribution in [0.25, 0.3) is 11.3 Å². The number of thiazole rings is 1. The lowest BCUT2D eigenvalue weighted by Gasteiger charge is -2.09. The predicted octanol–water partition coefficient (Wildman–Crippen LogP) is 3.64. The van der Waals surface area contributed by atoms with Gasteiger partial charge in [-0.15, -0.1) is 11.3 Å². The molecule has 0 aliphatic carbocycles. The molecule has 0 fully saturated rings. The highest BCUT2D eigenvalue weighted by atomic mass is 32.2. The van der Waals surface area contributed by atoms with Crippen LogP contribution in [0.2, 0.25) is 0 Å². The lowest BCUT2D eigenvalue weighted by molar-refractivity contribution is 0.102. The van der Waals surface area contributed by atoms with Crippen LogP contribution in [0, 0.1) is 20.8 Å². The molecule has 3 rings (SSSR count). The van der Waals surface area contributed by atoms with E-state index >= 15 is 0 Å². The molecule has 29 heavy (non-hydrogen) atoms. The molecule has 0 unspecified atom stereocenters. The van der Waals surface area contributed by atoms with Crippen LogP contribution in [0.1, 0.15) is 27.0 Å². The molecule has 1 amide bonds. The minimum atomic E-state index is -3.95. The highest BCUT2D eigenvalue weighted by molar-refractivity contribution is 7.89. The van der Waals surface area contributed by atoms with Gasteiger partial charge in [-0.2, -0.15) is 0 Å². The van der Waals surface area contributed by atoms with Gasteiger partial charge in [0.2, 0.25) is 10.0 Å². The van der Waals surface area contributed by atoms with Gasteiger partial charge in [0, 0.05) is 10.9 Å². The third-order valence-corrected chi connectivity index (χ3v) is 6.25. The Morgan fingerprint density at radius 1 is 1.10 bits per heavy atom. The summed E-state index contributed by atoms with van der Waals surface area (Å²) in [4.78, 5) is 17.1. The molecule has 3 N–H and O–H groups in total. The molecule has 0 aliphatic rings. The number of ether oxygens (including phenoxy) is 1. The molecule has 9 heteroatoms. The van der Waals surface area contributed by atoms with E-state index in [-0.39, 0.29) is 16.2 Å². The standard InChI is InChI=1S/C20H21N3O4S2/c1-11-7-13(3)15(8-12(11)2)17-10-28-20(22-17)23-19(24)16-9-14(29(21,25)26)5-6-18(16)27-4/h5-10H,1-4H3,(H2,21,25,26)(H,22,23,24). The lowest BCUT2D eigenvalue weighted by atomic mass is 9.99. The fraction of sp³-hybridized carbons (Fsp3) is 0.200. The van der Waals surface area contributed by atoms with Crippen LogP contribution >= 0.6 is 11.3 Å². The summed E-state index contributed by atoms with van der Waals surface area (Å²) in [5, 5.41) is 10.1. The van der Waals surface area contributed by atoms with Gasteiger partial charge in [-0.1, -0.05) is 6.07 Å². The Bertz CT molecular complexity index is 1200. The number of primary sulfonamides is 1. The quantitative estimate of drug-likeness (QED) is 0.641. The van der Waals surface area contributed by atoms with E-state index in [1.807, 2.05) is 19.2 Å². The minimum Gasteiger partial charge on any atom is -0.496 e. The number of anilines is 1. The monoisotopic (exact) mass is 431 g/mol. The predicted molar refractivity (Wildman–Crippen MR) is 114 cm³/mol. The number of methoxy groups -OCH3 is 1. The molecule has 3 aromatic rings. The summed E-state index contributed by atoms with van der Waals surface area (Å²) in [6.45, 7) is 6.11. The average molecular weight is 432 g/mol. The Hall–Kier alpha value is -2.75. The Morgan fingerprint density at radius 2 is 1.79 bits per heavy atom. The van der Waals surface area contributed by atoms with Crippen molar-refractivity contribution >= 4 is 32.4 Å². The summed E-state index contributed by atoms with van der Waals surface area (Å²) < 4.78 is 28.4. The number of hydrogen-bond donors (Lipinski definition) is 2. The summed E-state index contributed by atoms with van der Waals surface area (Å²) in [6.07, 6.45) is 0.